The van der Waals surface area contributed by atoms with Crippen molar-refractivity contribution < 1.29 is 13.5 Å². The van der Waals surface area contributed by atoms with Gasteiger partial charge in [0.15, 0.2) is 5.96 Å². The lowest BCUT2D eigenvalue weighted by atomic mass is 10.2. The monoisotopic (exact) mass is 427 g/mol. The number of nitrogens with zero attached hydrogens (tertiary/aromatic N) is 1. The van der Waals surface area contributed by atoms with E-state index in [1.54, 1.807) is 0 Å². The Balaban J connectivity index is 0.00000441. The van der Waals surface area contributed by atoms with E-state index in [-0.39, 0.29) is 36.1 Å². The number of hydrogen-bond donors (Lipinski definition) is 2. The molecule has 22 heavy (non-hydrogen) atoms. The molecule has 0 aliphatic rings. The Bertz CT molecular complexity index is 458. The molecular weight excluding hydrogens is 403 g/mol. The third-order valence-electron chi connectivity index (χ3n) is 2.72. The van der Waals surface area contributed by atoms with Crippen LogP contribution in [-0.4, -0.2) is 32.3 Å². The Kier molecular flexibility index (Phi) is 12.0. The van der Waals surface area contributed by atoms with Crippen molar-refractivity contribution in [3.8, 4) is 0 Å². The Morgan fingerprint density at radius 1 is 1.23 bits per heavy atom. The molecule has 0 aliphatic heterocycles. The van der Waals surface area contributed by atoms with Crippen molar-refractivity contribution in [2.75, 3.05) is 26.3 Å². The number of halogens is 3. The zero-order valence-electron chi connectivity index (χ0n) is 13.0. The highest BCUT2D eigenvalue weighted by atomic mass is 127. The minimum absolute atomic E-state index is 0. The van der Waals surface area contributed by atoms with Crippen LogP contribution in [0, 0.1) is 11.6 Å². The van der Waals surface area contributed by atoms with E-state index in [4.69, 9.17) is 4.74 Å². The second-order valence-electron chi connectivity index (χ2n) is 4.41. The summed E-state index contributed by atoms with van der Waals surface area (Å²) in [5.74, 6) is -0.332. The first-order chi connectivity index (χ1) is 10.2. The molecule has 1 aromatic carbocycles. The number of rotatable bonds is 8. The van der Waals surface area contributed by atoms with Crippen LogP contribution >= 0.6 is 24.0 Å². The molecule has 1 aromatic rings. The lowest BCUT2D eigenvalue weighted by Crippen LogP contribution is -2.38. The largest absolute Gasteiger partial charge is 0.382 e. The zero-order valence-corrected chi connectivity index (χ0v) is 15.3. The molecule has 0 heterocycles. The second-order valence-corrected chi connectivity index (χ2v) is 4.41. The molecule has 2 N–H and O–H groups in total. The van der Waals surface area contributed by atoms with E-state index in [9.17, 15) is 8.78 Å². The summed E-state index contributed by atoms with van der Waals surface area (Å²) in [5.41, 5.74) is 0.238. The summed E-state index contributed by atoms with van der Waals surface area (Å²) in [4.78, 5) is 4.25. The van der Waals surface area contributed by atoms with Gasteiger partial charge in [0, 0.05) is 31.9 Å². The maximum atomic E-state index is 13.5. The lowest BCUT2D eigenvalue weighted by molar-refractivity contribution is 0.145. The highest BCUT2D eigenvalue weighted by molar-refractivity contribution is 14.0. The van der Waals surface area contributed by atoms with Gasteiger partial charge in [0.05, 0.1) is 6.54 Å². The molecule has 0 spiro atoms. The van der Waals surface area contributed by atoms with Gasteiger partial charge in [0.25, 0.3) is 0 Å². The molecule has 0 bridgehead atoms. The maximum absolute atomic E-state index is 13.5. The highest BCUT2D eigenvalue weighted by Gasteiger charge is 2.04. The summed E-state index contributed by atoms with van der Waals surface area (Å²) in [6, 6.07) is 3.37. The summed E-state index contributed by atoms with van der Waals surface area (Å²) in [5, 5.41) is 6.19. The van der Waals surface area contributed by atoms with Crippen LogP contribution in [0.25, 0.3) is 0 Å². The van der Waals surface area contributed by atoms with Crippen molar-refractivity contribution in [3.05, 3.63) is 35.4 Å². The number of aliphatic imine (C=N–C) groups is 1. The second kappa shape index (κ2) is 12.6. The predicted octanol–water partition coefficient (Wildman–Crippen LogP) is 3.06. The number of hydrogen-bond acceptors (Lipinski definition) is 2. The first-order valence-corrected chi connectivity index (χ1v) is 7.21. The van der Waals surface area contributed by atoms with E-state index in [2.05, 4.69) is 15.6 Å². The molecule has 126 valence electrons. The van der Waals surface area contributed by atoms with Crippen LogP contribution < -0.4 is 10.6 Å². The Hall–Kier alpha value is -0.960. The van der Waals surface area contributed by atoms with E-state index in [0.29, 0.717) is 32.3 Å². The third kappa shape index (κ3) is 8.47. The van der Waals surface area contributed by atoms with Crippen LogP contribution in [0.1, 0.15) is 25.8 Å². The fourth-order valence-electron chi connectivity index (χ4n) is 1.70. The van der Waals surface area contributed by atoms with Crippen molar-refractivity contribution in [3.63, 3.8) is 0 Å². The van der Waals surface area contributed by atoms with Gasteiger partial charge in [-0.1, -0.05) is 0 Å². The molecule has 0 unspecified atom stereocenters. The molecular formula is C15H24F2IN3O. The lowest BCUT2D eigenvalue weighted by Gasteiger charge is -2.11. The van der Waals surface area contributed by atoms with Gasteiger partial charge in [0.2, 0.25) is 0 Å². The molecule has 4 nitrogen and oxygen atoms in total. The Labute approximate surface area is 147 Å². The molecule has 7 heteroatoms. The van der Waals surface area contributed by atoms with Gasteiger partial charge in [-0.05, 0) is 38.5 Å². The third-order valence-corrected chi connectivity index (χ3v) is 2.72. The number of guanidine groups is 1. The van der Waals surface area contributed by atoms with Crippen molar-refractivity contribution in [2.24, 2.45) is 4.99 Å². The van der Waals surface area contributed by atoms with Gasteiger partial charge >= 0.3 is 0 Å². The van der Waals surface area contributed by atoms with Gasteiger partial charge in [-0.2, -0.15) is 0 Å². The van der Waals surface area contributed by atoms with Gasteiger partial charge in [-0.15, -0.1) is 24.0 Å². The SMILES string of the molecule is CCNC(=NCc1cc(F)ccc1F)NCCCOCC.I. The fourth-order valence-corrected chi connectivity index (χ4v) is 1.70. The van der Waals surface area contributed by atoms with Gasteiger partial charge in [-0.25, -0.2) is 13.8 Å². The molecule has 0 atom stereocenters. The number of ether oxygens (including phenoxy) is 1. The summed E-state index contributed by atoms with van der Waals surface area (Å²) in [6.45, 7) is 6.77. The van der Waals surface area contributed by atoms with E-state index in [1.165, 1.54) is 0 Å². The van der Waals surface area contributed by atoms with Crippen LogP contribution in [0.15, 0.2) is 23.2 Å². The topological polar surface area (TPSA) is 45.7 Å². The summed E-state index contributed by atoms with van der Waals surface area (Å²) >= 11 is 0. The van der Waals surface area contributed by atoms with E-state index < -0.39 is 11.6 Å². The zero-order chi connectivity index (χ0) is 15.5. The molecule has 0 saturated carbocycles. The summed E-state index contributed by atoms with van der Waals surface area (Å²) in [7, 11) is 0. The van der Waals surface area contributed by atoms with Crippen molar-refractivity contribution >= 4 is 29.9 Å². The average Bonchev–Trinajstić information content (AvgIpc) is 2.47. The molecule has 0 amide bonds. The minimum atomic E-state index is -0.462. The molecule has 0 saturated heterocycles. The van der Waals surface area contributed by atoms with E-state index >= 15 is 0 Å². The minimum Gasteiger partial charge on any atom is -0.382 e. The Morgan fingerprint density at radius 3 is 2.68 bits per heavy atom. The molecule has 1 rings (SSSR count). The first kappa shape index (κ1) is 21.0. The van der Waals surface area contributed by atoms with Gasteiger partial charge in [0.1, 0.15) is 11.6 Å². The van der Waals surface area contributed by atoms with Gasteiger partial charge < -0.3 is 15.4 Å². The fraction of sp³-hybridized carbons (Fsp3) is 0.533. The summed E-state index contributed by atoms with van der Waals surface area (Å²) in [6.07, 6.45) is 0.854. The van der Waals surface area contributed by atoms with Crippen molar-refractivity contribution in [1.82, 2.24) is 10.6 Å². The molecule has 0 radical (unpaired) electrons. The highest BCUT2D eigenvalue weighted by Crippen LogP contribution is 2.10. The van der Waals surface area contributed by atoms with Crippen LogP contribution in [0.5, 0.6) is 0 Å². The molecule has 0 fully saturated rings. The average molecular weight is 427 g/mol. The van der Waals surface area contributed by atoms with E-state index in [0.717, 1.165) is 24.6 Å². The standard InChI is InChI=1S/C15H23F2N3O.HI/c1-3-18-15(19-8-5-9-21-4-2)20-11-12-10-13(16)6-7-14(12)17;/h6-7,10H,3-5,8-9,11H2,1-2H3,(H2,18,19,20);1H. The quantitative estimate of drug-likeness (QED) is 0.290. The Morgan fingerprint density at radius 2 is 2.00 bits per heavy atom. The van der Waals surface area contributed by atoms with Crippen LogP contribution in [0.4, 0.5) is 8.78 Å². The van der Waals surface area contributed by atoms with Crippen LogP contribution in [0.2, 0.25) is 0 Å². The molecule has 0 aliphatic carbocycles. The van der Waals surface area contributed by atoms with Crippen molar-refractivity contribution in [1.29, 1.82) is 0 Å². The first-order valence-electron chi connectivity index (χ1n) is 7.21. The van der Waals surface area contributed by atoms with Crippen molar-refractivity contribution in [2.45, 2.75) is 26.8 Å². The maximum Gasteiger partial charge on any atom is 0.191 e. The van der Waals surface area contributed by atoms with Crippen LogP contribution in [-0.2, 0) is 11.3 Å². The van der Waals surface area contributed by atoms with Crippen LogP contribution in [0.3, 0.4) is 0 Å². The molecule has 0 aromatic heterocycles. The number of benzene rings is 1. The van der Waals surface area contributed by atoms with E-state index in [1.807, 2.05) is 13.8 Å². The summed E-state index contributed by atoms with van der Waals surface area (Å²) < 4.78 is 31.8. The smallest absolute Gasteiger partial charge is 0.191 e. The normalized spacial score (nSPS) is 11.0. The predicted molar refractivity (Wildman–Crippen MR) is 95.7 cm³/mol. The van der Waals surface area contributed by atoms with Gasteiger partial charge in [-0.3, -0.25) is 0 Å². The number of nitrogens with one attached hydrogen (secondary N) is 2.